The molecule has 0 aliphatic carbocycles. The number of amides is 1. The van der Waals surface area contributed by atoms with E-state index < -0.39 is 0 Å². The van der Waals surface area contributed by atoms with E-state index in [-0.39, 0.29) is 17.9 Å². The molecule has 0 saturated carbocycles. The van der Waals surface area contributed by atoms with Crippen LogP contribution in [0.2, 0.25) is 0 Å². The van der Waals surface area contributed by atoms with Crippen molar-refractivity contribution >= 4 is 17.7 Å². The van der Waals surface area contributed by atoms with E-state index in [1.165, 1.54) is 0 Å². The van der Waals surface area contributed by atoms with Gasteiger partial charge in [0.2, 0.25) is 5.91 Å². The molecule has 84 valence electrons. The highest BCUT2D eigenvalue weighted by Gasteiger charge is 2.16. The van der Waals surface area contributed by atoms with Gasteiger partial charge < -0.3 is 11.1 Å². The van der Waals surface area contributed by atoms with Gasteiger partial charge in [0.25, 0.3) is 0 Å². The first kappa shape index (κ1) is 13.8. The van der Waals surface area contributed by atoms with E-state index in [1.54, 1.807) is 0 Å². The van der Waals surface area contributed by atoms with Gasteiger partial charge >= 0.3 is 0 Å². The summed E-state index contributed by atoms with van der Waals surface area (Å²) in [5.74, 6) is 0.168. The molecule has 1 amide bonds. The Morgan fingerprint density at radius 1 is 1.43 bits per heavy atom. The van der Waals surface area contributed by atoms with Crippen molar-refractivity contribution in [3.63, 3.8) is 0 Å². The molecular formula is C10H22N2OS. The summed E-state index contributed by atoms with van der Waals surface area (Å²) < 4.78 is 0. The molecule has 2 atom stereocenters. The molecule has 3 N–H and O–H groups in total. The summed E-state index contributed by atoms with van der Waals surface area (Å²) in [4.78, 5) is 11.4. The molecule has 0 bridgehead atoms. The SMILES string of the molecule is CSC(C)CCNC(=O)[C@@H](N)C(C)C. The van der Waals surface area contributed by atoms with E-state index in [0.29, 0.717) is 5.25 Å². The zero-order valence-electron chi connectivity index (χ0n) is 9.54. The lowest BCUT2D eigenvalue weighted by molar-refractivity contribution is -0.123. The third-order valence-electron chi connectivity index (χ3n) is 2.27. The van der Waals surface area contributed by atoms with Gasteiger partial charge in [-0.15, -0.1) is 0 Å². The van der Waals surface area contributed by atoms with Crippen LogP contribution in [0, 0.1) is 5.92 Å². The predicted molar refractivity (Wildman–Crippen MR) is 63.4 cm³/mol. The number of thioether (sulfide) groups is 1. The maximum atomic E-state index is 11.4. The van der Waals surface area contributed by atoms with Crippen molar-refractivity contribution in [2.75, 3.05) is 12.8 Å². The number of carbonyl (C=O) groups excluding carboxylic acids is 1. The monoisotopic (exact) mass is 218 g/mol. The Labute approximate surface area is 91.2 Å². The van der Waals surface area contributed by atoms with Crippen molar-refractivity contribution in [2.24, 2.45) is 11.7 Å². The smallest absolute Gasteiger partial charge is 0.237 e. The molecule has 0 heterocycles. The first-order valence-corrected chi connectivity index (χ1v) is 6.34. The lowest BCUT2D eigenvalue weighted by atomic mass is 10.1. The highest BCUT2D eigenvalue weighted by molar-refractivity contribution is 7.99. The van der Waals surface area contributed by atoms with Crippen molar-refractivity contribution in [1.82, 2.24) is 5.32 Å². The fourth-order valence-electron chi connectivity index (χ4n) is 0.937. The number of carbonyl (C=O) groups is 1. The molecule has 0 aromatic heterocycles. The summed E-state index contributed by atoms with van der Waals surface area (Å²) in [6.45, 7) is 6.78. The van der Waals surface area contributed by atoms with E-state index in [9.17, 15) is 4.79 Å². The third-order valence-corrected chi connectivity index (χ3v) is 3.31. The van der Waals surface area contributed by atoms with Crippen LogP contribution >= 0.6 is 11.8 Å². The van der Waals surface area contributed by atoms with Crippen LogP contribution in [-0.2, 0) is 4.79 Å². The number of rotatable bonds is 6. The largest absolute Gasteiger partial charge is 0.355 e. The predicted octanol–water partition coefficient (Wildman–Crippen LogP) is 1.23. The summed E-state index contributed by atoms with van der Waals surface area (Å²) in [6, 6.07) is -0.375. The lowest BCUT2D eigenvalue weighted by Crippen LogP contribution is -2.44. The minimum absolute atomic E-state index is 0.0340. The second-order valence-electron chi connectivity index (χ2n) is 3.90. The molecule has 0 rings (SSSR count). The van der Waals surface area contributed by atoms with E-state index in [1.807, 2.05) is 25.6 Å². The zero-order valence-corrected chi connectivity index (χ0v) is 10.4. The lowest BCUT2D eigenvalue weighted by Gasteiger charge is -2.16. The molecule has 3 nitrogen and oxygen atoms in total. The zero-order chi connectivity index (χ0) is 11.1. The molecule has 1 unspecified atom stereocenters. The van der Waals surface area contributed by atoms with E-state index in [0.717, 1.165) is 13.0 Å². The molecule has 0 aromatic carbocycles. The number of hydrogen-bond donors (Lipinski definition) is 2. The Kier molecular flexibility index (Phi) is 7.01. The first-order chi connectivity index (χ1) is 6.49. The number of hydrogen-bond acceptors (Lipinski definition) is 3. The second kappa shape index (κ2) is 7.12. The quantitative estimate of drug-likeness (QED) is 0.705. The fraction of sp³-hybridized carbons (Fsp3) is 0.900. The fourth-order valence-corrected chi connectivity index (χ4v) is 1.29. The van der Waals surface area contributed by atoms with Gasteiger partial charge in [-0.05, 0) is 18.6 Å². The molecule has 0 aromatic rings. The first-order valence-electron chi connectivity index (χ1n) is 5.05. The Bertz CT molecular complexity index is 174. The maximum absolute atomic E-state index is 11.4. The van der Waals surface area contributed by atoms with Crippen LogP contribution in [0.1, 0.15) is 27.2 Å². The van der Waals surface area contributed by atoms with Gasteiger partial charge in [-0.3, -0.25) is 4.79 Å². The van der Waals surface area contributed by atoms with Crippen LogP contribution in [0.3, 0.4) is 0 Å². The molecule has 0 spiro atoms. The molecule has 0 saturated heterocycles. The summed E-state index contributed by atoms with van der Waals surface area (Å²) in [5, 5.41) is 3.44. The molecule has 0 aliphatic heterocycles. The Balaban J connectivity index is 3.64. The Morgan fingerprint density at radius 2 is 2.00 bits per heavy atom. The topological polar surface area (TPSA) is 55.1 Å². The minimum Gasteiger partial charge on any atom is -0.355 e. The summed E-state index contributed by atoms with van der Waals surface area (Å²) in [5.41, 5.74) is 5.69. The van der Waals surface area contributed by atoms with Gasteiger partial charge in [0.15, 0.2) is 0 Å². The van der Waals surface area contributed by atoms with Crippen molar-refractivity contribution in [1.29, 1.82) is 0 Å². The van der Waals surface area contributed by atoms with Crippen LogP contribution in [-0.4, -0.2) is 30.0 Å². The normalized spacial score (nSPS) is 15.3. The molecule has 0 aliphatic rings. The Morgan fingerprint density at radius 3 is 2.43 bits per heavy atom. The van der Waals surface area contributed by atoms with Gasteiger partial charge in [0.1, 0.15) is 0 Å². The van der Waals surface area contributed by atoms with Crippen LogP contribution < -0.4 is 11.1 Å². The molecule has 14 heavy (non-hydrogen) atoms. The standard InChI is InChI=1S/C10H22N2OS/c1-7(2)9(11)10(13)12-6-5-8(3)14-4/h7-9H,5-6,11H2,1-4H3,(H,12,13)/t8?,9-/m0/s1. The van der Waals surface area contributed by atoms with E-state index >= 15 is 0 Å². The van der Waals surface area contributed by atoms with Crippen molar-refractivity contribution in [3.8, 4) is 0 Å². The van der Waals surface area contributed by atoms with Gasteiger partial charge in [0, 0.05) is 11.8 Å². The molecule has 0 fully saturated rings. The molecule has 4 heteroatoms. The Hall–Kier alpha value is -0.220. The van der Waals surface area contributed by atoms with Gasteiger partial charge in [-0.25, -0.2) is 0 Å². The van der Waals surface area contributed by atoms with Crippen LogP contribution in [0.5, 0.6) is 0 Å². The third kappa shape index (κ3) is 5.50. The second-order valence-corrected chi connectivity index (χ2v) is 5.17. The van der Waals surface area contributed by atoms with E-state index in [2.05, 4.69) is 18.5 Å². The summed E-state index contributed by atoms with van der Waals surface area (Å²) in [7, 11) is 0. The van der Waals surface area contributed by atoms with Crippen LogP contribution in [0.15, 0.2) is 0 Å². The minimum atomic E-state index is -0.375. The molecule has 0 radical (unpaired) electrons. The summed E-state index contributed by atoms with van der Waals surface area (Å²) in [6.07, 6.45) is 3.07. The highest BCUT2D eigenvalue weighted by atomic mass is 32.2. The van der Waals surface area contributed by atoms with Crippen LogP contribution in [0.25, 0.3) is 0 Å². The van der Waals surface area contributed by atoms with Crippen molar-refractivity contribution in [2.45, 2.75) is 38.5 Å². The maximum Gasteiger partial charge on any atom is 0.237 e. The number of nitrogens with one attached hydrogen (secondary N) is 1. The highest BCUT2D eigenvalue weighted by Crippen LogP contribution is 2.08. The van der Waals surface area contributed by atoms with Gasteiger partial charge in [-0.1, -0.05) is 20.8 Å². The van der Waals surface area contributed by atoms with Crippen molar-refractivity contribution in [3.05, 3.63) is 0 Å². The van der Waals surface area contributed by atoms with Crippen LogP contribution in [0.4, 0.5) is 0 Å². The van der Waals surface area contributed by atoms with Gasteiger partial charge in [-0.2, -0.15) is 11.8 Å². The average Bonchev–Trinajstić information content (AvgIpc) is 2.15. The average molecular weight is 218 g/mol. The van der Waals surface area contributed by atoms with Crippen molar-refractivity contribution < 1.29 is 4.79 Å². The number of nitrogens with two attached hydrogens (primary N) is 1. The summed E-state index contributed by atoms with van der Waals surface area (Å²) >= 11 is 1.81. The molecular weight excluding hydrogens is 196 g/mol. The van der Waals surface area contributed by atoms with Gasteiger partial charge in [0.05, 0.1) is 6.04 Å². The van der Waals surface area contributed by atoms with E-state index in [4.69, 9.17) is 5.73 Å².